The van der Waals surface area contributed by atoms with Crippen LogP contribution in [0.2, 0.25) is 0 Å². The van der Waals surface area contributed by atoms with Gasteiger partial charge >= 0.3 is 0 Å². The second-order valence-electron chi connectivity index (χ2n) is 3.93. The summed E-state index contributed by atoms with van der Waals surface area (Å²) in [6.07, 6.45) is 7.43. The number of fused-ring (bicyclic) bond motifs is 1. The summed E-state index contributed by atoms with van der Waals surface area (Å²) in [6, 6.07) is 0.819. The second-order valence-corrected chi connectivity index (χ2v) is 3.93. The first-order chi connectivity index (χ1) is 5.12. The van der Waals surface area contributed by atoms with E-state index in [0.29, 0.717) is 17.3 Å². The summed E-state index contributed by atoms with van der Waals surface area (Å²) in [5.41, 5.74) is 0.348. The van der Waals surface area contributed by atoms with Gasteiger partial charge < -0.3 is 0 Å². The minimum atomic E-state index is 0.348. The van der Waals surface area contributed by atoms with Crippen molar-refractivity contribution in [3.63, 3.8) is 0 Å². The molecule has 0 aromatic heterocycles. The third-order valence-corrected chi connectivity index (χ3v) is 3.08. The smallest absolute Gasteiger partial charge is 0.0579 e. The first-order valence-electron chi connectivity index (χ1n) is 4.47. The largest absolute Gasteiger partial charge is 0.0809 e. The van der Waals surface area contributed by atoms with Gasteiger partial charge in [0, 0.05) is 0 Å². The lowest BCUT2D eigenvalue weighted by molar-refractivity contribution is 0.0489. The Kier molecular flexibility index (Phi) is 0.904. The van der Waals surface area contributed by atoms with Gasteiger partial charge in [-0.3, -0.25) is 0 Å². The van der Waals surface area contributed by atoms with Crippen LogP contribution in [0.5, 0.6) is 0 Å². The molecule has 54 valence electrons. The molecule has 3 rings (SSSR count). The highest BCUT2D eigenvalue weighted by Gasteiger charge is 2.45. The number of hydrogen-bond acceptors (Lipinski definition) is 0. The van der Waals surface area contributed by atoms with Crippen molar-refractivity contribution < 1.29 is 1.37 Å². The molecule has 3 aliphatic rings. The molecule has 0 heteroatoms. The Labute approximate surface area is 64.0 Å². The zero-order valence-corrected chi connectivity index (χ0v) is 6.59. The summed E-state index contributed by atoms with van der Waals surface area (Å²) in [5, 5.41) is 0. The van der Waals surface area contributed by atoms with E-state index in [-0.39, 0.29) is 0 Å². The molecular weight excluding hydrogens is 120 g/mol. The molecule has 0 saturated heterocycles. The van der Waals surface area contributed by atoms with Crippen molar-refractivity contribution in [1.82, 2.24) is 0 Å². The Balaban J connectivity index is 2.35. The van der Waals surface area contributed by atoms with Crippen molar-refractivity contribution in [3.05, 3.63) is 24.3 Å². The number of allylic oxidation sites excluding steroid dienone is 4. The molecule has 0 aromatic rings. The molecule has 0 amide bonds. The maximum atomic E-state index is 7.72. The standard InChI is InChI=1S/C10H14/c1-10(2)8-5-3-4-6-9(10)7-8/h3-6,8-9H,7H2,1-2H3/t8-,9+/i5D/m1/s1. The molecule has 0 aliphatic heterocycles. The summed E-state index contributed by atoms with van der Waals surface area (Å²) >= 11 is 0. The lowest BCUT2D eigenvalue weighted by atomic mass is 9.55. The lowest BCUT2D eigenvalue weighted by Crippen LogP contribution is -2.41. The van der Waals surface area contributed by atoms with E-state index in [2.05, 4.69) is 19.9 Å². The molecule has 3 aliphatic carbocycles. The third kappa shape index (κ3) is 0.622. The van der Waals surface area contributed by atoms with Gasteiger partial charge in [0.15, 0.2) is 0 Å². The van der Waals surface area contributed by atoms with Gasteiger partial charge in [0.05, 0.1) is 1.37 Å². The van der Waals surface area contributed by atoms with Crippen LogP contribution >= 0.6 is 0 Å². The second kappa shape index (κ2) is 1.75. The van der Waals surface area contributed by atoms with E-state index in [1.807, 2.05) is 12.2 Å². The first-order valence-corrected chi connectivity index (χ1v) is 3.97. The summed E-state index contributed by atoms with van der Waals surface area (Å²) in [6.45, 7) is 4.54. The van der Waals surface area contributed by atoms with Crippen LogP contribution < -0.4 is 0 Å². The van der Waals surface area contributed by atoms with Crippen LogP contribution in [0.1, 0.15) is 21.6 Å². The van der Waals surface area contributed by atoms with Crippen molar-refractivity contribution >= 4 is 0 Å². The highest BCUT2D eigenvalue weighted by atomic mass is 14.5. The Hall–Kier alpha value is -0.520. The van der Waals surface area contributed by atoms with E-state index < -0.39 is 0 Å². The Morgan fingerprint density at radius 1 is 1.40 bits per heavy atom. The molecule has 1 saturated carbocycles. The van der Waals surface area contributed by atoms with Crippen molar-refractivity contribution in [2.24, 2.45) is 17.3 Å². The van der Waals surface area contributed by atoms with Gasteiger partial charge in [-0.15, -0.1) is 0 Å². The summed E-state index contributed by atoms with van der Waals surface area (Å²) in [4.78, 5) is 0. The Morgan fingerprint density at radius 3 is 2.90 bits per heavy atom. The Bertz CT molecular complexity index is 235. The van der Waals surface area contributed by atoms with Crippen molar-refractivity contribution in [3.8, 4) is 0 Å². The molecule has 0 aromatic carbocycles. The average Bonchev–Trinajstić information content (AvgIpc) is 2.17. The van der Waals surface area contributed by atoms with E-state index in [4.69, 9.17) is 1.37 Å². The van der Waals surface area contributed by atoms with Crippen LogP contribution in [0, 0.1) is 17.3 Å². The minimum absolute atomic E-state index is 0.348. The van der Waals surface area contributed by atoms with Crippen LogP contribution in [0.25, 0.3) is 0 Å². The van der Waals surface area contributed by atoms with Gasteiger partial charge in [0.1, 0.15) is 0 Å². The maximum absolute atomic E-state index is 7.72. The zero-order valence-electron chi connectivity index (χ0n) is 7.59. The molecule has 0 heterocycles. The fourth-order valence-electron chi connectivity index (χ4n) is 1.93. The van der Waals surface area contributed by atoms with Crippen LogP contribution in [0.15, 0.2) is 24.3 Å². The van der Waals surface area contributed by atoms with E-state index in [9.17, 15) is 0 Å². The highest BCUT2D eigenvalue weighted by molar-refractivity contribution is 5.21. The van der Waals surface area contributed by atoms with E-state index in [1.54, 1.807) is 0 Å². The third-order valence-electron chi connectivity index (χ3n) is 3.08. The zero-order chi connectivity index (χ0) is 8.06. The first kappa shape index (κ1) is 5.17. The predicted molar refractivity (Wildman–Crippen MR) is 43.7 cm³/mol. The average molecular weight is 135 g/mol. The highest BCUT2D eigenvalue weighted by Crippen LogP contribution is 2.53. The van der Waals surface area contributed by atoms with Crippen LogP contribution in [-0.2, 0) is 0 Å². The molecule has 2 bridgehead atoms. The van der Waals surface area contributed by atoms with E-state index in [0.717, 1.165) is 6.05 Å². The van der Waals surface area contributed by atoms with Crippen molar-refractivity contribution in [2.45, 2.75) is 20.3 Å². The van der Waals surface area contributed by atoms with Crippen LogP contribution in [0.3, 0.4) is 0 Å². The van der Waals surface area contributed by atoms with Crippen molar-refractivity contribution in [2.75, 3.05) is 0 Å². The van der Waals surface area contributed by atoms with Gasteiger partial charge in [-0.25, -0.2) is 0 Å². The predicted octanol–water partition coefficient (Wildman–Crippen LogP) is 2.77. The fourth-order valence-corrected chi connectivity index (χ4v) is 1.93. The summed E-state index contributed by atoms with van der Waals surface area (Å²) in [5.74, 6) is 1.23. The van der Waals surface area contributed by atoms with Crippen LogP contribution in [-0.4, -0.2) is 0 Å². The molecular formula is C10H14. The molecule has 0 N–H and O–H groups in total. The van der Waals surface area contributed by atoms with Crippen LogP contribution in [0.4, 0.5) is 0 Å². The lowest BCUT2D eigenvalue weighted by Gasteiger charge is -2.49. The SMILES string of the molecule is [2H]C1=CC=C[C@H]2C[C@@H]1C2(C)C. The fraction of sp³-hybridized carbons (Fsp3) is 0.600. The Morgan fingerprint density at radius 2 is 2.20 bits per heavy atom. The normalized spacial score (nSPS) is 43.0. The summed E-state index contributed by atoms with van der Waals surface area (Å²) < 4.78 is 7.72. The number of hydrogen-bond donors (Lipinski definition) is 0. The topological polar surface area (TPSA) is 0 Å². The van der Waals surface area contributed by atoms with E-state index in [1.165, 1.54) is 6.42 Å². The van der Waals surface area contributed by atoms with Crippen molar-refractivity contribution in [1.29, 1.82) is 0 Å². The van der Waals surface area contributed by atoms with Gasteiger partial charge in [-0.1, -0.05) is 38.1 Å². The van der Waals surface area contributed by atoms with Gasteiger partial charge in [0.25, 0.3) is 0 Å². The number of rotatable bonds is 0. The van der Waals surface area contributed by atoms with Gasteiger partial charge in [-0.2, -0.15) is 0 Å². The maximum Gasteiger partial charge on any atom is 0.0579 e. The molecule has 10 heavy (non-hydrogen) atoms. The molecule has 0 nitrogen and oxygen atoms in total. The molecule has 0 radical (unpaired) electrons. The monoisotopic (exact) mass is 135 g/mol. The van der Waals surface area contributed by atoms with Gasteiger partial charge in [0.2, 0.25) is 0 Å². The molecule has 0 spiro atoms. The minimum Gasteiger partial charge on any atom is -0.0809 e. The van der Waals surface area contributed by atoms with E-state index >= 15 is 0 Å². The molecule has 1 fully saturated rings. The summed E-state index contributed by atoms with van der Waals surface area (Å²) in [7, 11) is 0. The van der Waals surface area contributed by atoms with Gasteiger partial charge in [-0.05, 0) is 23.7 Å². The molecule has 0 unspecified atom stereocenters. The quantitative estimate of drug-likeness (QED) is 0.479. The molecule has 2 atom stereocenters.